The molecule has 11 heavy (non-hydrogen) atoms. The first-order chi connectivity index (χ1) is 5.04. The Labute approximate surface area is 66.5 Å². The standard InChI is InChI=1S/C9H12O2/c1-7(2)6-9(3)8(10)4-5-11-9/h4-5H,1,6H2,2-3H3. The Hall–Kier alpha value is -1.05. The molecule has 1 rings (SSSR count). The number of carbonyl (C=O) groups is 1. The highest BCUT2D eigenvalue weighted by atomic mass is 16.5. The van der Waals surface area contributed by atoms with Crippen LogP contribution in [-0.2, 0) is 9.53 Å². The van der Waals surface area contributed by atoms with E-state index in [-0.39, 0.29) is 5.78 Å². The molecule has 0 bridgehead atoms. The van der Waals surface area contributed by atoms with Gasteiger partial charge in [-0.05, 0) is 13.8 Å². The van der Waals surface area contributed by atoms with E-state index in [0.29, 0.717) is 6.42 Å². The van der Waals surface area contributed by atoms with E-state index in [2.05, 4.69) is 6.58 Å². The van der Waals surface area contributed by atoms with Gasteiger partial charge in [0.2, 0.25) is 5.78 Å². The van der Waals surface area contributed by atoms with E-state index >= 15 is 0 Å². The summed E-state index contributed by atoms with van der Waals surface area (Å²) in [5.41, 5.74) is 0.288. The molecule has 0 amide bonds. The number of carbonyl (C=O) groups excluding carboxylic acids is 1. The Bertz CT molecular complexity index is 228. The number of ketones is 1. The van der Waals surface area contributed by atoms with E-state index in [4.69, 9.17) is 4.74 Å². The normalized spacial score (nSPS) is 28.7. The zero-order valence-electron chi connectivity index (χ0n) is 6.89. The summed E-state index contributed by atoms with van der Waals surface area (Å²) in [6.07, 6.45) is 3.51. The van der Waals surface area contributed by atoms with Gasteiger partial charge in [0.15, 0.2) is 5.60 Å². The minimum Gasteiger partial charge on any atom is -0.487 e. The molecule has 0 spiro atoms. The lowest BCUT2D eigenvalue weighted by molar-refractivity contribution is -0.127. The number of hydrogen-bond donors (Lipinski definition) is 0. The monoisotopic (exact) mass is 152 g/mol. The molecule has 0 fully saturated rings. The first-order valence-corrected chi connectivity index (χ1v) is 3.58. The van der Waals surface area contributed by atoms with E-state index in [9.17, 15) is 4.79 Å². The molecule has 0 aromatic carbocycles. The molecule has 1 heterocycles. The fraction of sp³-hybridized carbons (Fsp3) is 0.444. The summed E-state index contributed by atoms with van der Waals surface area (Å²) >= 11 is 0. The van der Waals surface area contributed by atoms with Gasteiger partial charge in [-0.15, -0.1) is 0 Å². The van der Waals surface area contributed by atoms with Crippen LogP contribution in [0.4, 0.5) is 0 Å². The van der Waals surface area contributed by atoms with Crippen molar-refractivity contribution in [1.29, 1.82) is 0 Å². The number of rotatable bonds is 2. The second-order valence-corrected chi connectivity index (χ2v) is 3.15. The second kappa shape index (κ2) is 2.53. The van der Waals surface area contributed by atoms with Crippen molar-refractivity contribution in [3.8, 4) is 0 Å². The van der Waals surface area contributed by atoms with E-state index in [0.717, 1.165) is 5.57 Å². The Morgan fingerprint density at radius 2 is 2.45 bits per heavy atom. The first kappa shape index (κ1) is 8.05. The molecule has 0 aromatic heterocycles. The van der Waals surface area contributed by atoms with Gasteiger partial charge in [0.1, 0.15) is 0 Å². The van der Waals surface area contributed by atoms with Crippen molar-refractivity contribution >= 4 is 5.78 Å². The predicted octanol–water partition coefficient (Wildman–Crippen LogP) is 1.82. The van der Waals surface area contributed by atoms with Crippen molar-refractivity contribution in [2.45, 2.75) is 25.9 Å². The molecular weight excluding hydrogens is 140 g/mol. The fourth-order valence-electron chi connectivity index (χ4n) is 1.18. The van der Waals surface area contributed by atoms with E-state index in [1.54, 1.807) is 6.92 Å². The molecule has 0 aromatic rings. The third kappa shape index (κ3) is 1.50. The summed E-state index contributed by atoms with van der Waals surface area (Å²) in [6, 6.07) is 0. The Balaban J connectivity index is 2.69. The molecule has 0 N–H and O–H groups in total. The lowest BCUT2D eigenvalue weighted by Crippen LogP contribution is -2.32. The SMILES string of the molecule is C=C(C)CC1(C)OC=CC1=O. The van der Waals surface area contributed by atoms with Gasteiger partial charge in [0.25, 0.3) is 0 Å². The maximum atomic E-state index is 11.2. The molecule has 1 atom stereocenters. The van der Waals surface area contributed by atoms with Crippen LogP contribution in [0, 0.1) is 0 Å². The Morgan fingerprint density at radius 3 is 2.82 bits per heavy atom. The van der Waals surface area contributed by atoms with Gasteiger partial charge in [0.05, 0.1) is 6.26 Å². The highest BCUT2D eigenvalue weighted by Gasteiger charge is 2.35. The highest BCUT2D eigenvalue weighted by molar-refractivity contribution is 5.98. The Kier molecular flexibility index (Phi) is 1.85. The van der Waals surface area contributed by atoms with Gasteiger partial charge in [-0.3, -0.25) is 4.79 Å². The topological polar surface area (TPSA) is 26.3 Å². The largest absolute Gasteiger partial charge is 0.487 e. The molecule has 1 aliphatic heterocycles. The van der Waals surface area contributed by atoms with Gasteiger partial charge in [-0.1, -0.05) is 12.2 Å². The summed E-state index contributed by atoms with van der Waals surface area (Å²) in [6.45, 7) is 7.41. The Morgan fingerprint density at radius 1 is 1.82 bits per heavy atom. The highest BCUT2D eigenvalue weighted by Crippen LogP contribution is 2.25. The molecule has 0 radical (unpaired) electrons. The minimum atomic E-state index is -0.675. The smallest absolute Gasteiger partial charge is 0.202 e. The lowest BCUT2D eigenvalue weighted by Gasteiger charge is -2.21. The van der Waals surface area contributed by atoms with Crippen molar-refractivity contribution < 1.29 is 9.53 Å². The van der Waals surface area contributed by atoms with E-state index in [1.165, 1.54) is 12.3 Å². The maximum Gasteiger partial charge on any atom is 0.202 e. The van der Waals surface area contributed by atoms with Crippen LogP contribution >= 0.6 is 0 Å². The van der Waals surface area contributed by atoms with Crippen LogP contribution in [0.2, 0.25) is 0 Å². The van der Waals surface area contributed by atoms with Crippen LogP contribution in [0.5, 0.6) is 0 Å². The fourth-order valence-corrected chi connectivity index (χ4v) is 1.18. The summed E-state index contributed by atoms with van der Waals surface area (Å²) in [5.74, 6) is 0.0282. The molecule has 1 unspecified atom stereocenters. The van der Waals surface area contributed by atoms with Crippen LogP contribution in [0.25, 0.3) is 0 Å². The van der Waals surface area contributed by atoms with E-state index in [1.807, 2.05) is 6.92 Å². The van der Waals surface area contributed by atoms with Gasteiger partial charge in [-0.25, -0.2) is 0 Å². The van der Waals surface area contributed by atoms with Gasteiger partial charge < -0.3 is 4.74 Å². The van der Waals surface area contributed by atoms with Crippen LogP contribution < -0.4 is 0 Å². The average molecular weight is 152 g/mol. The van der Waals surface area contributed by atoms with Gasteiger partial charge >= 0.3 is 0 Å². The summed E-state index contributed by atoms with van der Waals surface area (Å²) in [5, 5.41) is 0. The van der Waals surface area contributed by atoms with Crippen LogP contribution in [0.1, 0.15) is 20.3 Å². The van der Waals surface area contributed by atoms with Crippen molar-refractivity contribution in [3.63, 3.8) is 0 Å². The van der Waals surface area contributed by atoms with Crippen molar-refractivity contribution in [2.24, 2.45) is 0 Å². The predicted molar refractivity (Wildman–Crippen MR) is 43.1 cm³/mol. The summed E-state index contributed by atoms with van der Waals surface area (Å²) in [7, 11) is 0. The van der Waals surface area contributed by atoms with Crippen LogP contribution in [-0.4, -0.2) is 11.4 Å². The molecule has 60 valence electrons. The molecule has 1 aliphatic rings. The maximum absolute atomic E-state index is 11.2. The lowest BCUT2D eigenvalue weighted by atomic mass is 9.94. The first-order valence-electron chi connectivity index (χ1n) is 3.58. The molecule has 0 aliphatic carbocycles. The number of hydrogen-bond acceptors (Lipinski definition) is 2. The third-order valence-electron chi connectivity index (χ3n) is 1.71. The molecular formula is C9H12O2. The van der Waals surface area contributed by atoms with E-state index < -0.39 is 5.60 Å². The zero-order valence-corrected chi connectivity index (χ0v) is 6.89. The average Bonchev–Trinajstić information content (AvgIpc) is 2.11. The quantitative estimate of drug-likeness (QED) is 0.564. The molecule has 2 heteroatoms. The number of ether oxygens (including phenoxy) is 1. The van der Waals surface area contributed by atoms with Crippen molar-refractivity contribution in [1.82, 2.24) is 0 Å². The van der Waals surface area contributed by atoms with Gasteiger partial charge in [0, 0.05) is 12.5 Å². The molecule has 0 saturated heterocycles. The summed E-state index contributed by atoms with van der Waals surface area (Å²) < 4.78 is 5.17. The second-order valence-electron chi connectivity index (χ2n) is 3.15. The van der Waals surface area contributed by atoms with Crippen molar-refractivity contribution in [2.75, 3.05) is 0 Å². The van der Waals surface area contributed by atoms with Crippen LogP contribution in [0.15, 0.2) is 24.5 Å². The third-order valence-corrected chi connectivity index (χ3v) is 1.71. The zero-order chi connectivity index (χ0) is 8.48. The molecule has 2 nitrogen and oxygen atoms in total. The molecule has 0 saturated carbocycles. The van der Waals surface area contributed by atoms with Crippen molar-refractivity contribution in [3.05, 3.63) is 24.5 Å². The minimum absolute atomic E-state index is 0.0282. The van der Waals surface area contributed by atoms with Crippen LogP contribution in [0.3, 0.4) is 0 Å². The van der Waals surface area contributed by atoms with Gasteiger partial charge in [-0.2, -0.15) is 0 Å². The summed E-state index contributed by atoms with van der Waals surface area (Å²) in [4.78, 5) is 11.2.